The Hall–Kier alpha value is -1.87. The SMILES string of the molecule is C=C/C(=C\CCNCc1ccccc1)C(=O)OC. The van der Waals surface area contributed by atoms with Gasteiger partial charge < -0.3 is 10.1 Å². The first-order valence-corrected chi connectivity index (χ1v) is 5.93. The first-order valence-electron chi connectivity index (χ1n) is 5.93. The van der Waals surface area contributed by atoms with Crippen molar-refractivity contribution in [3.05, 3.63) is 60.2 Å². The predicted octanol–water partition coefficient (Wildman–Crippen LogP) is 2.45. The lowest BCUT2D eigenvalue weighted by molar-refractivity contribution is -0.135. The average Bonchev–Trinajstić information content (AvgIpc) is 2.43. The molecule has 0 spiro atoms. The molecule has 96 valence electrons. The van der Waals surface area contributed by atoms with Crippen LogP contribution in [0.3, 0.4) is 0 Å². The van der Waals surface area contributed by atoms with E-state index in [1.807, 2.05) is 24.3 Å². The summed E-state index contributed by atoms with van der Waals surface area (Å²) in [5.74, 6) is -0.340. The van der Waals surface area contributed by atoms with Crippen molar-refractivity contribution in [2.45, 2.75) is 13.0 Å². The first kappa shape index (κ1) is 14.2. The van der Waals surface area contributed by atoms with Crippen LogP contribution in [-0.4, -0.2) is 19.6 Å². The summed E-state index contributed by atoms with van der Waals surface area (Å²) in [6, 6.07) is 10.2. The molecule has 0 saturated carbocycles. The maximum absolute atomic E-state index is 11.2. The zero-order chi connectivity index (χ0) is 13.2. The molecule has 18 heavy (non-hydrogen) atoms. The van der Waals surface area contributed by atoms with Crippen LogP contribution in [0.5, 0.6) is 0 Å². The standard InChI is InChI=1S/C15H19NO2/c1-3-14(15(17)18-2)10-7-11-16-12-13-8-5-4-6-9-13/h3-6,8-10,16H,1,7,11-12H2,2H3/b14-10+. The molecule has 0 atom stereocenters. The molecule has 0 amide bonds. The van der Waals surface area contributed by atoms with E-state index in [0.29, 0.717) is 5.57 Å². The van der Waals surface area contributed by atoms with Gasteiger partial charge in [-0.15, -0.1) is 0 Å². The van der Waals surface area contributed by atoms with Gasteiger partial charge in [0.15, 0.2) is 0 Å². The summed E-state index contributed by atoms with van der Waals surface area (Å²) in [5.41, 5.74) is 1.76. The molecule has 0 aliphatic heterocycles. The maximum Gasteiger partial charge on any atom is 0.337 e. The summed E-state index contributed by atoms with van der Waals surface area (Å²) >= 11 is 0. The third-order valence-electron chi connectivity index (χ3n) is 2.50. The molecule has 0 fully saturated rings. The number of hydrogen-bond acceptors (Lipinski definition) is 3. The maximum atomic E-state index is 11.2. The minimum Gasteiger partial charge on any atom is -0.465 e. The number of carbonyl (C=O) groups excluding carboxylic acids is 1. The molecule has 0 bridgehead atoms. The van der Waals surface area contributed by atoms with Gasteiger partial charge in [0.25, 0.3) is 0 Å². The van der Waals surface area contributed by atoms with E-state index in [2.05, 4.69) is 28.8 Å². The van der Waals surface area contributed by atoms with Crippen molar-refractivity contribution in [3.63, 3.8) is 0 Å². The van der Waals surface area contributed by atoms with E-state index < -0.39 is 0 Å². The summed E-state index contributed by atoms with van der Waals surface area (Å²) in [5, 5.41) is 3.31. The highest BCUT2D eigenvalue weighted by molar-refractivity contribution is 5.91. The van der Waals surface area contributed by atoms with Gasteiger partial charge in [0, 0.05) is 6.54 Å². The summed E-state index contributed by atoms with van der Waals surface area (Å²) in [4.78, 5) is 11.2. The highest BCUT2D eigenvalue weighted by atomic mass is 16.5. The smallest absolute Gasteiger partial charge is 0.337 e. The third kappa shape index (κ3) is 4.97. The van der Waals surface area contributed by atoms with Crippen LogP contribution in [0.15, 0.2) is 54.6 Å². The summed E-state index contributed by atoms with van der Waals surface area (Å²) in [7, 11) is 1.37. The molecule has 0 aromatic heterocycles. The molecule has 0 radical (unpaired) electrons. The van der Waals surface area contributed by atoms with Crippen molar-refractivity contribution < 1.29 is 9.53 Å². The molecule has 1 N–H and O–H groups in total. The van der Waals surface area contributed by atoms with Gasteiger partial charge in [0.1, 0.15) is 0 Å². The number of nitrogens with one attached hydrogen (secondary N) is 1. The second-order valence-corrected chi connectivity index (χ2v) is 3.81. The number of carbonyl (C=O) groups is 1. The van der Waals surface area contributed by atoms with Crippen molar-refractivity contribution in [1.29, 1.82) is 0 Å². The quantitative estimate of drug-likeness (QED) is 0.347. The minimum atomic E-state index is -0.340. The van der Waals surface area contributed by atoms with Crippen LogP contribution < -0.4 is 5.32 Å². The molecule has 0 aliphatic carbocycles. The van der Waals surface area contributed by atoms with E-state index in [4.69, 9.17) is 0 Å². The first-order chi connectivity index (χ1) is 8.77. The van der Waals surface area contributed by atoms with Crippen molar-refractivity contribution >= 4 is 5.97 Å². The van der Waals surface area contributed by atoms with Gasteiger partial charge >= 0.3 is 5.97 Å². The fourth-order valence-electron chi connectivity index (χ4n) is 1.53. The zero-order valence-corrected chi connectivity index (χ0v) is 10.7. The molecule has 3 heteroatoms. The Labute approximate surface area is 108 Å². The van der Waals surface area contributed by atoms with Crippen LogP contribution in [0.25, 0.3) is 0 Å². The van der Waals surface area contributed by atoms with Crippen LogP contribution >= 0.6 is 0 Å². The van der Waals surface area contributed by atoms with Gasteiger partial charge in [-0.3, -0.25) is 0 Å². The fourth-order valence-corrected chi connectivity index (χ4v) is 1.53. The second kappa shape index (κ2) is 8.25. The largest absolute Gasteiger partial charge is 0.465 e. The molecule has 0 unspecified atom stereocenters. The van der Waals surface area contributed by atoms with Crippen LogP contribution in [0.1, 0.15) is 12.0 Å². The molecular formula is C15H19NO2. The van der Waals surface area contributed by atoms with Gasteiger partial charge in [0.05, 0.1) is 12.7 Å². The fraction of sp³-hybridized carbons (Fsp3) is 0.267. The molecule has 1 aromatic rings. The number of methoxy groups -OCH3 is 1. The highest BCUT2D eigenvalue weighted by Crippen LogP contribution is 2.01. The number of benzene rings is 1. The number of ether oxygens (including phenoxy) is 1. The third-order valence-corrected chi connectivity index (χ3v) is 2.50. The molecule has 1 rings (SSSR count). The van der Waals surface area contributed by atoms with E-state index in [0.717, 1.165) is 19.5 Å². The topological polar surface area (TPSA) is 38.3 Å². The van der Waals surface area contributed by atoms with E-state index in [9.17, 15) is 4.79 Å². The second-order valence-electron chi connectivity index (χ2n) is 3.81. The lowest BCUT2D eigenvalue weighted by Gasteiger charge is -2.03. The summed E-state index contributed by atoms with van der Waals surface area (Å²) in [6.07, 6.45) is 4.11. The predicted molar refractivity (Wildman–Crippen MR) is 73.1 cm³/mol. The Morgan fingerprint density at radius 1 is 1.39 bits per heavy atom. The van der Waals surface area contributed by atoms with Gasteiger partial charge in [-0.05, 0) is 18.5 Å². The minimum absolute atomic E-state index is 0.340. The monoisotopic (exact) mass is 245 g/mol. The zero-order valence-electron chi connectivity index (χ0n) is 10.7. The number of rotatable bonds is 7. The van der Waals surface area contributed by atoms with Gasteiger partial charge in [-0.1, -0.05) is 49.1 Å². The van der Waals surface area contributed by atoms with E-state index in [1.54, 1.807) is 0 Å². The summed E-state index contributed by atoms with van der Waals surface area (Å²) < 4.78 is 4.63. The Balaban J connectivity index is 2.27. The van der Waals surface area contributed by atoms with Gasteiger partial charge in [-0.25, -0.2) is 4.79 Å². The summed E-state index contributed by atoms with van der Waals surface area (Å²) in [6.45, 7) is 5.23. The molecule has 0 heterocycles. The average molecular weight is 245 g/mol. The Morgan fingerprint density at radius 3 is 2.72 bits per heavy atom. The normalized spacial score (nSPS) is 11.1. The number of esters is 1. The molecule has 1 aromatic carbocycles. The van der Waals surface area contributed by atoms with E-state index >= 15 is 0 Å². The lowest BCUT2D eigenvalue weighted by Crippen LogP contribution is -2.14. The molecule has 0 aliphatic rings. The molecule has 3 nitrogen and oxygen atoms in total. The van der Waals surface area contributed by atoms with Gasteiger partial charge in [0.2, 0.25) is 0 Å². The molecule has 0 saturated heterocycles. The van der Waals surface area contributed by atoms with E-state index in [-0.39, 0.29) is 5.97 Å². The van der Waals surface area contributed by atoms with Crippen LogP contribution in [0, 0.1) is 0 Å². The Bertz CT molecular complexity index is 410. The molecular weight excluding hydrogens is 226 g/mol. The number of hydrogen-bond donors (Lipinski definition) is 1. The highest BCUT2D eigenvalue weighted by Gasteiger charge is 2.03. The Morgan fingerprint density at radius 2 is 2.11 bits per heavy atom. The van der Waals surface area contributed by atoms with Crippen molar-refractivity contribution in [2.24, 2.45) is 0 Å². The Kier molecular flexibility index (Phi) is 6.51. The van der Waals surface area contributed by atoms with Gasteiger partial charge in [-0.2, -0.15) is 0 Å². The van der Waals surface area contributed by atoms with Crippen molar-refractivity contribution in [3.8, 4) is 0 Å². The van der Waals surface area contributed by atoms with Crippen LogP contribution in [-0.2, 0) is 16.1 Å². The van der Waals surface area contributed by atoms with Crippen LogP contribution in [0.4, 0.5) is 0 Å². The van der Waals surface area contributed by atoms with Crippen molar-refractivity contribution in [1.82, 2.24) is 5.32 Å². The van der Waals surface area contributed by atoms with E-state index in [1.165, 1.54) is 18.7 Å². The van der Waals surface area contributed by atoms with Crippen LogP contribution in [0.2, 0.25) is 0 Å². The van der Waals surface area contributed by atoms with Crippen molar-refractivity contribution in [2.75, 3.05) is 13.7 Å². The lowest BCUT2D eigenvalue weighted by atomic mass is 10.2.